The molecule has 24 heavy (non-hydrogen) atoms. The molecule has 0 aliphatic heterocycles. The Morgan fingerprint density at radius 3 is 2.71 bits per heavy atom. The molecular weight excluding hydrogens is 300 g/mol. The molecule has 3 fully saturated rings. The average molecular weight is 332 g/mol. The summed E-state index contributed by atoms with van der Waals surface area (Å²) >= 11 is 0. The van der Waals surface area contributed by atoms with Crippen molar-refractivity contribution in [2.75, 3.05) is 0 Å². The quantitative estimate of drug-likeness (QED) is 0.577. The van der Waals surface area contributed by atoms with Gasteiger partial charge in [-0.15, -0.1) is 0 Å². The van der Waals surface area contributed by atoms with Crippen molar-refractivity contribution in [3.63, 3.8) is 0 Å². The van der Waals surface area contributed by atoms with E-state index in [-0.39, 0.29) is 29.0 Å². The van der Waals surface area contributed by atoms with E-state index in [9.17, 15) is 9.90 Å². The second-order valence-corrected chi connectivity index (χ2v) is 9.37. The molecule has 3 saturated carbocycles. The Morgan fingerprint density at radius 1 is 1.17 bits per heavy atom. The normalized spacial score (nSPS) is 50.3. The summed E-state index contributed by atoms with van der Waals surface area (Å²) in [6.07, 6.45) is 11.3. The van der Waals surface area contributed by atoms with Crippen molar-refractivity contribution in [2.45, 2.75) is 84.3 Å². The molecule has 0 aromatic rings. The third-order valence-corrected chi connectivity index (χ3v) is 8.34. The topological polar surface area (TPSA) is 46.5 Å². The summed E-state index contributed by atoms with van der Waals surface area (Å²) in [6.45, 7) is 6.32. The van der Waals surface area contributed by atoms with Crippen LogP contribution in [0.15, 0.2) is 11.6 Å². The molecule has 0 aromatic heterocycles. The lowest BCUT2D eigenvalue weighted by Crippen LogP contribution is -2.51. The number of hydrogen-bond acceptors (Lipinski definition) is 3. The molecule has 3 nitrogen and oxygen atoms in total. The van der Waals surface area contributed by atoms with Crippen molar-refractivity contribution < 1.29 is 14.6 Å². The van der Waals surface area contributed by atoms with E-state index in [0.717, 1.165) is 43.9 Å². The molecular formula is C21H32O3. The molecule has 4 rings (SSSR count). The highest BCUT2D eigenvalue weighted by atomic mass is 16.5. The van der Waals surface area contributed by atoms with Crippen LogP contribution in [0.4, 0.5) is 0 Å². The van der Waals surface area contributed by atoms with Crippen LogP contribution in [0.25, 0.3) is 0 Å². The number of rotatable bonds is 1. The van der Waals surface area contributed by atoms with Gasteiger partial charge in [0.1, 0.15) is 6.10 Å². The minimum absolute atomic E-state index is 0.0838. The highest BCUT2D eigenvalue weighted by Crippen LogP contribution is 2.64. The van der Waals surface area contributed by atoms with Crippen molar-refractivity contribution >= 4 is 5.97 Å². The molecule has 7 atom stereocenters. The molecule has 4 aliphatic carbocycles. The van der Waals surface area contributed by atoms with Crippen LogP contribution in [0.1, 0.15) is 72.1 Å². The number of hydrogen-bond donors (Lipinski definition) is 1. The van der Waals surface area contributed by atoms with E-state index in [1.807, 2.05) is 0 Å². The monoisotopic (exact) mass is 332 g/mol. The van der Waals surface area contributed by atoms with E-state index in [2.05, 4.69) is 19.9 Å². The number of allylic oxidation sites excluding steroid dienone is 1. The Morgan fingerprint density at radius 2 is 1.96 bits per heavy atom. The van der Waals surface area contributed by atoms with Crippen LogP contribution >= 0.6 is 0 Å². The van der Waals surface area contributed by atoms with Gasteiger partial charge in [0.25, 0.3) is 0 Å². The first kappa shape index (κ1) is 16.6. The lowest BCUT2D eigenvalue weighted by molar-refractivity contribution is -0.148. The number of carbonyl (C=O) groups excluding carboxylic acids is 1. The van der Waals surface area contributed by atoms with Crippen LogP contribution in [-0.4, -0.2) is 23.3 Å². The summed E-state index contributed by atoms with van der Waals surface area (Å²) in [5, 5.41) is 10.5. The molecule has 134 valence electrons. The lowest BCUT2D eigenvalue weighted by Gasteiger charge is -2.57. The van der Waals surface area contributed by atoms with E-state index in [4.69, 9.17) is 4.74 Å². The van der Waals surface area contributed by atoms with Crippen molar-refractivity contribution in [1.29, 1.82) is 0 Å². The Hall–Kier alpha value is -0.830. The van der Waals surface area contributed by atoms with Crippen LogP contribution in [0.2, 0.25) is 0 Å². The molecule has 2 unspecified atom stereocenters. The van der Waals surface area contributed by atoms with Gasteiger partial charge in [-0.25, -0.2) is 0 Å². The predicted molar refractivity (Wildman–Crippen MR) is 93.3 cm³/mol. The first-order chi connectivity index (χ1) is 11.3. The summed E-state index contributed by atoms with van der Waals surface area (Å²) in [5.41, 5.74) is 1.98. The summed E-state index contributed by atoms with van der Waals surface area (Å²) in [5.74, 6) is 2.03. The Kier molecular flexibility index (Phi) is 3.87. The van der Waals surface area contributed by atoms with Gasteiger partial charge in [-0.05, 0) is 73.5 Å². The van der Waals surface area contributed by atoms with Gasteiger partial charge in [-0.2, -0.15) is 0 Å². The molecule has 0 radical (unpaired) electrons. The van der Waals surface area contributed by atoms with E-state index >= 15 is 0 Å². The minimum Gasteiger partial charge on any atom is -0.462 e. The van der Waals surface area contributed by atoms with Crippen LogP contribution in [0.3, 0.4) is 0 Å². The number of esters is 1. The van der Waals surface area contributed by atoms with Crippen molar-refractivity contribution in [3.05, 3.63) is 11.6 Å². The summed E-state index contributed by atoms with van der Waals surface area (Å²) in [6, 6.07) is 0. The zero-order chi connectivity index (χ0) is 17.1. The van der Waals surface area contributed by atoms with Gasteiger partial charge >= 0.3 is 5.97 Å². The van der Waals surface area contributed by atoms with Crippen LogP contribution in [0, 0.1) is 28.6 Å². The maximum Gasteiger partial charge on any atom is 0.302 e. The Bertz CT molecular complexity index is 567. The standard InChI is InChI=1S/C21H32O3/c1-13(22)24-15-8-10-20(2)14(12-15)4-5-16-17-6-7-19(23)21(17,3)11-9-18(16)20/h4,15-19,23H,5-12H2,1-3H3/t15-,16-,17?,18?,19-,20-,21-/m0/s1. The van der Waals surface area contributed by atoms with Gasteiger partial charge in [0.05, 0.1) is 6.10 Å². The van der Waals surface area contributed by atoms with Crippen LogP contribution < -0.4 is 0 Å². The fourth-order valence-corrected chi connectivity index (χ4v) is 6.94. The largest absolute Gasteiger partial charge is 0.462 e. The molecule has 0 saturated heterocycles. The summed E-state index contributed by atoms with van der Waals surface area (Å²) in [4.78, 5) is 11.3. The van der Waals surface area contributed by atoms with Crippen LogP contribution in [-0.2, 0) is 9.53 Å². The lowest BCUT2D eigenvalue weighted by atomic mass is 9.48. The number of aliphatic hydroxyl groups is 1. The van der Waals surface area contributed by atoms with Gasteiger partial charge < -0.3 is 9.84 Å². The first-order valence-electron chi connectivity index (χ1n) is 9.89. The number of carbonyl (C=O) groups is 1. The second-order valence-electron chi connectivity index (χ2n) is 9.37. The van der Waals surface area contributed by atoms with E-state index in [0.29, 0.717) is 5.92 Å². The van der Waals surface area contributed by atoms with Gasteiger partial charge in [0.2, 0.25) is 0 Å². The zero-order valence-electron chi connectivity index (χ0n) is 15.4. The Balaban J connectivity index is 1.59. The molecule has 0 heterocycles. The van der Waals surface area contributed by atoms with E-state index < -0.39 is 0 Å². The third-order valence-electron chi connectivity index (χ3n) is 8.34. The maximum atomic E-state index is 11.3. The fraction of sp³-hybridized carbons (Fsp3) is 0.857. The van der Waals surface area contributed by atoms with Gasteiger partial charge in [-0.3, -0.25) is 4.79 Å². The first-order valence-corrected chi connectivity index (χ1v) is 9.89. The smallest absolute Gasteiger partial charge is 0.302 e. The summed E-state index contributed by atoms with van der Waals surface area (Å²) < 4.78 is 5.51. The summed E-state index contributed by atoms with van der Waals surface area (Å²) in [7, 11) is 0. The minimum atomic E-state index is -0.147. The molecule has 1 N–H and O–H groups in total. The predicted octanol–water partition coefficient (Wildman–Crippen LogP) is 4.24. The van der Waals surface area contributed by atoms with Gasteiger partial charge in [-0.1, -0.05) is 25.5 Å². The van der Waals surface area contributed by atoms with Crippen molar-refractivity contribution in [3.8, 4) is 0 Å². The Labute approximate surface area is 145 Å². The highest BCUT2D eigenvalue weighted by Gasteiger charge is 2.58. The van der Waals surface area contributed by atoms with Crippen molar-refractivity contribution in [2.24, 2.45) is 28.6 Å². The van der Waals surface area contributed by atoms with Crippen LogP contribution in [0.5, 0.6) is 0 Å². The number of ether oxygens (including phenoxy) is 1. The number of fused-ring (bicyclic) bond motifs is 5. The van der Waals surface area contributed by atoms with Crippen molar-refractivity contribution in [1.82, 2.24) is 0 Å². The maximum absolute atomic E-state index is 11.3. The molecule has 3 heteroatoms. The molecule has 0 aromatic carbocycles. The molecule has 0 spiro atoms. The zero-order valence-corrected chi connectivity index (χ0v) is 15.4. The average Bonchev–Trinajstić information content (AvgIpc) is 2.83. The molecule has 4 aliphatic rings. The van der Waals surface area contributed by atoms with Gasteiger partial charge in [0, 0.05) is 13.3 Å². The van der Waals surface area contributed by atoms with E-state index in [1.54, 1.807) is 5.57 Å². The van der Waals surface area contributed by atoms with Gasteiger partial charge in [0.15, 0.2) is 0 Å². The third kappa shape index (κ3) is 2.30. The molecule has 0 amide bonds. The number of aliphatic hydroxyl groups excluding tert-OH is 1. The molecule has 0 bridgehead atoms. The second kappa shape index (κ2) is 5.59. The van der Waals surface area contributed by atoms with E-state index in [1.165, 1.54) is 26.2 Å². The highest BCUT2D eigenvalue weighted by molar-refractivity contribution is 5.66. The SMILES string of the molecule is CC(=O)O[C@H]1CC[C@@]2(C)C(=CC[C@@H]3C2CC[C@@]2(C)C3CC[C@@H]2O)C1. The fourth-order valence-electron chi connectivity index (χ4n) is 6.94.